The van der Waals surface area contributed by atoms with Gasteiger partial charge in [0.2, 0.25) is 0 Å². The van der Waals surface area contributed by atoms with Crippen LogP contribution in [-0.2, 0) is 0 Å². The van der Waals surface area contributed by atoms with Crippen molar-refractivity contribution in [2.75, 3.05) is 5.73 Å². The molecule has 0 spiro atoms. The first kappa shape index (κ1) is 10.3. The highest BCUT2D eigenvalue weighted by atomic mass is 16.3. The quantitative estimate of drug-likeness (QED) is 0.545. The van der Waals surface area contributed by atoms with E-state index in [9.17, 15) is 5.11 Å². The third-order valence-corrected chi connectivity index (χ3v) is 3.46. The fourth-order valence-corrected chi connectivity index (χ4v) is 2.47. The third kappa shape index (κ3) is 2.09. The molecular weight excluding hydrogens is 186 g/mol. The van der Waals surface area contributed by atoms with E-state index in [0.29, 0.717) is 11.7 Å². The summed E-state index contributed by atoms with van der Waals surface area (Å²) in [5.74, 6) is 0.940. The van der Waals surface area contributed by atoms with Crippen LogP contribution in [0.25, 0.3) is 0 Å². The summed E-state index contributed by atoms with van der Waals surface area (Å²) in [6.45, 7) is 1.93. The largest absolute Gasteiger partial charge is 0.508 e. The van der Waals surface area contributed by atoms with Gasteiger partial charge in [-0.25, -0.2) is 0 Å². The summed E-state index contributed by atoms with van der Waals surface area (Å²) in [6.07, 6.45) is 6.26. The van der Waals surface area contributed by atoms with Crippen molar-refractivity contribution in [1.29, 1.82) is 0 Å². The molecule has 0 atom stereocenters. The summed E-state index contributed by atoms with van der Waals surface area (Å²) in [7, 11) is 0. The molecule has 3 N–H and O–H groups in total. The molecule has 82 valence electrons. The van der Waals surface area contributed by atoms with E-state index in [2.05, 4.69) is 0 Å². The normalized spacial score (nSPS) is 17.9. The standard InChI is InChI=1S/C13H19NO/c1-9-7-13(15)11(8-12(9)14)10-5-3-2-4-6-10/h7-8,10,15H,2-6,14H2,1H3. The smallest absolute Gasteiger partial charge is 0.119 e. The number of hydrogen-bond acceptors (Lipinski definition) is 2. The van der Waals surface area contributed by atoms with Crippen LogP contribution in [0, 0.1) is 6.92 Å². The van der Waals surface area contributed by atoms with Crippen LogP contribution in [0.4, 0.5) is 5.69 Å². The Labute approximate surface area is 91.1 Å². The lowest BCUT2D eigenvalue weighted by atomic mass is 9.83. The molecule has 0 aliphatic heterocycles. The van der Waals surface area contributed by atoms with Gasteiger partial charge in [-0.2, -0.15) is 0 Å². The molecule has 1 aromatic carbocycles. The van der Waals surface area contributed by atoms with Gasteiger partial charge in [0.15, 0.2) is 0 Å². The van der Waals surface area contributed by atoms with Crippen LogP contribution in [0.15, 0.2) is 12.1 Å². The number of nitrogens with two attached hydrogens (primary N) is 1. The van der Waals surface area contributed by atoms with Crippen molar-refractivity contribution in [2.24, 2.45) is 0 Å². The van der Waals surface area contributed by atoms with Gasteiger partial charge in [-0.05, 0) is 48.9 Å². The average Bonchev–Trinajstić information content (AvgIpc) is 2.25. The van der Waals surface area contributed by atoms with Gasteiger partial charge in [-0.15, -0.1) is 0 Å². The van der Waals surface area contributed by atoms with Crippen LogP contribution in [0.2, 0.25) is 0 Å². The summed E-state index contributed by atoms with van der Waals surface area (Å²) in [5, 5.41) is 9.91. The minimum atomic E-state index is 0.425. The monoisotopic (exact) mass is 205 g/mol. The average molecular weight is 205 g/mol. The third-order valence-electron chi connectivity index (χ3n) is 3.46. The van der Waals surface area contributed by atoms with Gasteiger partial charge < -0.3 is 10.8 Å². The number of phenolic OH excluding ortho intramolecular Hbond substituents is 1. The van der Waals surface area contributed by atoms with E-state index in [1.807, 2.05) is 13.0 Å². The molecule has 1 aliphatic carbocycles. The Kier molecular flexibility index (Phi) is 2.85. The molecule has 1 aromatic rings. The Morgan fingerprint density at radius 2 is 1.87 bits per heavy atom. The Hall–Kier alpha value is -1.18. The summed E-state index contributed by atoms with van der Waals surface area (Å²) < 4.78 is 0. The number of aryl methyl sites for hydroxylation is 1. The second-order valence-corrected chi connectivity index (χ2v) is 4.60. The van der Waals surface area contributed by atoms with Gasteiger partial charge in [0, 0.05) is 5.69 Å². The summed E-state index contributed by atoms with van der Waals surface area (Å²) >= 11 is 0. The SMILES string of the molecule is Cc1cc(O)c(C2CCCCC2)cc1N. The molecule has 1 saturated carbocycles. The number of aromatic hydroxyl groups is 1. The molecular formula is C13H19NO. The van der Waals surface area contributed by atoms with E-state index in [1.165, 1.54) is 32.1 Å². The zero-order valence-electron chi connectivity index (χ0n) is 9.29. The zero-order chi connectivity index (χ0) is 10.8. The van der Waals surface area contributed by atoms with E-state index in [-0.39, 0.29) is 0 Å². The van der Waals surface area contributed by atoms with Gasteiger partial charge >= 0.3 is 0 Å². The minimum Gasteiger partial charge on any atom is -0.508 e. The number of benzene rings is 1. The first-order valence-electron chi connectivity index (χ1n) is 5.77. The first-order valence-corrected chi connectivity index (χ1v) is 5.77. The molecule has 1 fully saturated rings. The van der Waals surface area contributed by atoms with Crippen LogP contribution in [0.1, 0.15) is 49.1 Å². The van der Waals surface area contributed by atoms with Gasteiger partial charge in [0.25, 0.3) is 0 Å². The summed E-state index contributed by atoms with van der Waals surface area (Å²) in [5.41, 5.74) is 8.70. The van der Waals surface area contributed by atoms with Crippen molar-refractivity contribution in [2.45, 2.75) is 44.9 Å². The highest BCUT2D eigenvalue weighted by Gasteiger charge is 2.19. The molecule has 2 rings (SSSR count). The number of rotatable bonds is 1. The molecule has 0 unspecified atom stereocenters. The lowest BCUT2D eigenvalue weighted by Gasteiger charge is -2.23. The van der Waals surface area contributed by atoms with E-state index in [0.717, 1.165) is 16.8 Å². The summed E-state index contributed by atoms with van der Waals surface area (Å²) in [4.78, 5) is 0. The fraction of sp³-hybridized carbons (Fsp3) is 0.538. The van der Waals surface area contributed by atoms with Gasteiger partial charge in [-0.1, -0.05) is 19.3 Å². The summed E-state index contributed by atoms with van der Waals surface area (Å²) in [6, 6.07) is 3.75. The highest BCUT2D eigenvalue weighted by Crippen LogP contribution is 2.38. The molecule has 0 radical (unpaired) electrons. The van der Waals surface area contributed by atoms with Crippen LogP contribution in [-0.4, -0.2) is 5.11 Å². The zero-order valence-corrected chi connectivity index (χ0v) is 9.29. The van der Waals surface area contributed by atoms with Crippen molar-refractivity contribution >= 4 is 5.69 Å². The van der Waals surface area contributed by atoms with Crippen molar-refractivity contribution < 1.29 is 5.11 Å². The van der Waals surface area contributed by atoms with E-state index in [4.69, 9.17) is 5.73 Å². The van der Waals surface area contributed by atoms with Crippen molar-refractivity contribution in [1.82, 2.24) is 0 Å². The molecule has 0 saturated heterocycles. The van der Waals surface area contributed by atoms with Gasteiger partial charge in [-0.3, -0.25) is 0 Å². The Morgan fingerprint density at radius 1 is 1.20 bits per heavy atom. The second-order valence-electron chi connectivity index (χ2n) is 4.60. The Bertz CT molecular complexity index is 354. The lowest BCUT2D eigenvalue weighted by molar-refractivity contribution is 0.414. The fourth-order valence-electron chi connectivity index (χ4n) is 2.47. The molecule has 15 heavy (non-hydrogen) atoms. The number of phenols is 1. The maximum absolute atomic E-state index is 9.91. The molecule has 1 aliphatic rings. The maximum atomic E-state index is 9.91. The second kappa shape index (κ2) is 4.13. The number of hydrogen-bond donors (Lipinski definition) is 2. The molecule has 2 nitrogen and oxygen atoms in total. The van der Waals surface area contributed by atoms with Crippen LogP contribution >= 0.6 is 0 Å². The predicted octanol–water partition coefficient (Wildman–Crippen LogP) is 3.33. The minimum absolute atomic E-state index is 0.425. The molecule has 0 bridgehead atoms. The van der Waals surface area contributed by atoms with E-state index in [1.54, 1.807) is 6.07 Å². The van der Waals surface area contributed by atoms with Gasteiger partial charge in [0.05, 0.1) is 0 Å². The predicted molar refractivity (Wildman–Crippen MR) is 63.1 cm³/mol. The topological polar surface area (TPSA) is 46.2 Å². The van der Waals surface area contributed by atoms with Crippen molar-refractivity contribution in [3.05, 3.63) is 23.3 Å². The van der Waals surface area contributed by atoms with Crippen molar-refractivity contribution in [3.8, 4) is 5.75 Å². The highest BCUT2D eigenvalue weighted by molar-refractivity contribution is 5.54. The van der Waals surface area contributed by atoms with Crippen LogP contribution in [0.3, 0.4) is 0 Å². The Balaban J connectivity index is 2.30. The number of anilines is 1. The van der Waals surface area contributed by atoms with Crippen LogP contribution < -0.4 is 5.73 Å². The van der Waals surface area contributed by atoms with E-state index >= 15 is 0 Å². The molecule has 0 heterocycles. The first-order chi connectivity index (χ1) is 7.18. The van der Waals surface area contributed by atoms with Crippen molar-refractivity contribution in [3.63, 3.8) is 0 Å². The molecule has 2 heteroatoms. The Morgan fingerprint density at radius 3 is 2.53 bits per heavy atom. The maximum Gasteiger partial charge on any atom is 0.119 e. The molecule has 0 aromatic heterocycles. The van der Waals surface area contributed by atoms with Gasteiger partial charge in [0.1, 0.15) is 5.75 Å². The molecule has 0 amide bonds. The van der Waals surface area contributed by atoms with Crippen LogP contribution in [0.5, 0.6) is 5.75 Å². The van der Waals surface area contributed by atoms with E-state index < -0.39 is 0 Å². The number of nitrogen functional groups attached to an aromatic ring is 1. The lowest BCUT2D eigenvalue weighted by Crippen LogP contribution is -2.05.